The molecule has 0 spiro atoms. The van der Waals surface area contributed by atoms with Crippen LogP contribution in [0.25, 0.3) is 0 Å². The Morgan fingerprint density at radius 3 is 2.25 bits per heavy atom. The van der Waals surface area contributed by atoms with E-state index in [-0.39, 0.29) is 11.8 Å². The van der Waals surface area contributed by atoms with Crippen LogP contribution in [0.5, 0.6) is 0 Å². The van der Waals surface area contributed by atoms with Crippen LogP contribution in [0, 0.1) is 10.1 Å². The topological polar surface area (TPSA) is 69.4 Å². The molecular weight excluding hydrogens is 258 g/mol. The van der Waals surface area contributed by atoms with Crippen molar-refractivity contribution in [1.29, 1.82) is 0 Å². The smallest absolute Gasteiger partial charge is 0.338 e. The predicted molar refractivity (Wildman–Crippen MR) is 73.4 cm³/mol. The fourth-order valence-corrected chi connectivity index (χ4v) is 1.74. The van der Waals surface area contributed by atoms with Crippen LogP contribution in [0.3, 0.4) is 0 Å². The molecule has 2 rings (SSSR count). The van der Waals surface area contributed by atoms with Gasteiger partial charge in [0.25, 0.3) is 5.69 Å². The largest absolute Gasteiger partial charge is 0.454 e. The van der Waals surface area contributed by atoms with Gasteiger partial charge in [-0.1, -0.05) is 30.3 Å². The maximum Gasteiger partial charge on any atom is 0.338 e. The highest BCUT2D eigenvalue weighted by Crippen LogP contribution is 2.19. The summed E-state index contributed by atoms with van der Waals surface area (Å²) in [5.41, 5.74) is 1.12. The Balaban J connectivity index is 2.06. The van der Waals surface area contributed by atoms with E-state index in [9.17, 15) is 14.9 Å². The molecular formula is C15H13NO4. The number of carbonyl (C=O) groups excluding carboxylic acids is 1. The molecule has 0 aliphatic rings. The second-order valence-electron chi connectivity index (χ2n) is 4.26. The molecule has 2 aromatic rings. The van der Waals surface area contributed by atoms with Gasteiger partial charge in [-0.3, -0.25) is 10.1 Å². The summed E-state index contributed by atoms with van der Waals surface area (Å²) in [4.78, 5) is 21.9. The zero-order valence-electron chi connectivity index (χ0n) is 10.9. The SMILES string of the molecule is CC(OC(=O)c1ccc([N+](=O)[O-])cc1)c1ccccc1. The molecule has 1 atom stereocenters. The highest BCUT2D eigenvalue weighted by atomic mass is 16.6. The van der Waals surface area contributed by atoms with Crippen LogP contribution < -0.4 is 0 Å². The number of ether oxygens (including phenoxy) is 1. The van der Waals surface area contributed by atoms with E-state index in [1.54, 1.807) is 6.92 Å². The van der Waals surface area contributed by atoms with Crippen molar-refractivity contribution in [3.8, 4) is 0 Å². The van der Waals surface area contributed by atoms with E-state index in [1.807, 2.05) is 30.3 Å². The van der Waals surface area contributed by atoms with E-state index in [0.29, 0.717) is 5.56 Å². The second kappa shape index (κ2) is 5.97. The minimum Gasteiger partial charge on any atom is -0.454 e. The Bertz CT molecular complexity index is 608. The van der Waals surface area contributed by atoms with E-state index in [4.69, 9.17) is 4.74 Å². The number of esters is 1. The molecule has 0 N–H and O–H groups in total. The summed E-state index contributed by atoms with van der Waals surface area (Å²) in [6.45, 7) is 1.78. The van der Waals surface area contributed by atoms with Gasteiger partial charge in [0.15, 0.2) is 0 Å². The van der Waals surface area contributed by atoms with E-state index in [2.05, 4.69) is 0 Å². The van der Waals surface area contributed by atoms with Crippen LogP contribution in [-0.2, 0) is 4.74 Å². The van der Waals surface area contributed by atoms with E-state index >= 15 is 0 Å². The molecule has 0 saturated carbocycles. The Labute approximate surface area is 116 Å². The molecule has 5 nitrogen and oxygen atoms in total. The number of benzene rings is 2. The maximum atomic E-state index is 11.9. The van der Waals surface area contributed by atoms with Crippen molar-refractivity contribution in [2.45, 2.75) is 13.0 Å². The van der Waals surface area contributed by atoms with Gasteiger partial charge in [-0.25, -0.2) is 4.79 Å². The molecule has 1 unspecified atom stereocenters. The van der Waals surface area contributed by atoms with Gasteiger partial charge in [-0.05, 0) is 24.6 Å². The summed E-state index contributed by atoms with van der Waals surface area (Å²) in [5, 5.41) is 10.5. The van der Waals surface area contributed by atoms with Crippen LogP contribution in [0.4, 0.5) is 5.69 Å². The number of nitro groups is 1. The Morgan fingerprint density at radius 2 is 1.70 bits per heavy atom. The molecule has 0 aliphatic carbocycles. The highest BCUT2D eigenvalue weighted by molar-refractivity contribution is 5.89. The lowest BCUT2D eigenvalue weighted by molar-refractivity contribution is -0.384. The minimum atomic E-state index is -0.512. The van der Waals surface area contributed by atoms with Crippen LogP contribution in [0.15, 0.2) is 54.6 Å². The molecule has 20 heavy (non-hydrogen) atoms. The molecule has 0 saturated heterocycles. The van der Waals surface area contributed by atoms with E-state index < -0.39 is 10.9 Å². The molecule has 0 radical (unpaired) electrons. The van der Waals surface area contributed by atoms with Gasteiger partial charge in [0.05, 0.1) is 10.5 Å². The van der Waals surface area contributed by atoms with Crippen LogP contribution >= 0.6 is 0 Å². The number of carbonyl (C=O) groups is 1. The van der Waals surface area contributed by atoms with E-state index in [1.165, 1.54) is 24.3 Å². The molecule has 5 heteroatoms. The minimum absolute atomic E-state index is 0.0577. The van der Waals surface area contributed by atoms with Crippen molar-refractivity contribution in [3.05, 3.63) is 75.8 Å². The Kier molecular flexibility index (Phi) is 4.10. The standard InChI is InChI=1S/C15H13NO4/c1-11(12-5-3-2-4-6-12)20-15(17)13-7-9-14(10-8-13)16(18)19/h2-11H,1H3. The number of nitrogens with zero attached hydrogens (tertiary/aromatic N) is 1. The summed E-state index contributed by atoms with van der Waals surface area (Å²) in [5.74, 6) is -0.503. The number of nitro benzene ring substituents is 1. The molecule has 0 aliphatic heterocycles. The summed E-state index contributed by atoms with van der Waals surface area (Å²) in [6.07, 6.45) is -0.376. The fourth-order valence-electron chi connectivity index (χ4n) is 1.74. The average Bonchev–Trinajstić information content (AvgIpc) is 2.48. The summed E-state index contributed by atoms with van der Waals surface area (Å²) >= 11 is 0. The van der Waals surface area contributed by atoms with Gasteiger partial charge in [0.1, 0.15) is 6.10 Å². The molecule has 2 aromatic carbocycles. The third kappa shape index (κ3) is 3.20. The van der Waals surface area contributed by atoms with Crippen LogP contribution in [-0.4, -0.2) is 10.9 Å². The number of hydrogen-bond donors (Lipinski definition) is 0. The predicted octanol–water partition coefficient (Wildman–Crippen LogP) is 3.51. The zero-order chi connectivity index (χ0) is 14.5. The summed E-state index contributed by atoms with van der Waals surface area (Å²) in [6, 6.07) is 14.7. The third-order valence-corrected chi connectivity index (χ3v) is 2.87. The first-order valence-electron chi connectivity index (χ1n) is 6.08. The van der Waals surface area contributed by atoms with Gasteiger partial charge in [0.2, 0.25) is 0 Å². The monoisotopic (exact) mass is 271 g/mol. The number of non-ortho nitro benzene ring substituents is 1. The second-order valence-corrected chi connectivity index (χ2v) is 4.26. The first-order chi connectivity index (χ1) is 9.58. The summed E-state index contributed by atoms with van der Waals surface area (Å²) < 4.78 is 5.31. The lowest BCUT2D eigenvalue weighted by atomic mass is 10.1. The van der Waals surface area contributed by atoms with Gasteiger partial charge < -0.3 is 4.74 Å². The first kappa shape index (κ1) is 13.7. The van der Waals surface area contributed by atoms with Crippen molar-refractivity contribution in [1.82, 2.24) is 0 Å². The normalized spacial score (nSPS) is 11.7. The molecule has 0 heterocycles. The molecule has 0 fully saturated rings. The van der Waals surface area contributed by atoms with E-state index in [0.717, 1.165) is 5.56 Å². The Morgan fingerprint density at radius 1 is 1.10 bits per heavy atom. The molecule has 0 bridgehead atoms. The van der Waals surface area contributed by atoms with Gasteiger partial charge in [0, 0.05) is 12.1 Å². The molecule has 102 valence electrons. The number of rotatable bonds is 4. The highest BCUT2D eigenvalue weighted by Gasteiger charge is 2.14. The first-order valence-corrected chi connectivity index (χ1v) is 6.08. The zero-order valence-corrected chi connectivity index (χ0v) is 10.9. The van der Waals surface area contributed by atoms with Crippen molar-refractivity contribution in [3.63, 3.8) is 0 Å². The maximum absolute atomic E-state index is 11.9. The van der Waals surface area contributed by atoms with Gasteiger partial charge in [-0.15, -0.1) is 0 Å². The van der Waals surface area contributed by atoms with Gasteiger partial charge >= 0.3 is 5.97 Å². The lowest BCUT2D eigenvalue weighted by Crippen LogP contribution is -2.09. The fraction of sp³-hybridized carbons (Fsp3) is 0.133. The Hall–Kier alpha value is -2.69. The quantitative estimate of drug-likeness (QED) is 0.484. The summed E-state index contributed by atoms with van der Waals surface area (Å²) in [7, 11) is 0. The lowest BCUT2D eigenvalue weighted by Gasteiger charge is -2.13. The van der Waals surface area contributed by atoms with Crippen molar-refractivity contribution in [2.24, 2.45) is 0 Å². The van der Waals surface area contributed by atoms with Crippen molar-refractivity contribution in [2.75, 3.05) is 0 Å². The average molecular weight is 271 g/mol. The van der Waals surface area contributed by atoms with Crippen molar-refractivity contribution >= 4 is 11.7 Å². The van der Waals surface area contributed by atoms with Gasteiger partial charge in [-0.2, -0.15) is 0 Å². The number of hydrogen-bond acceptors (Lipinski definition) is 4. The molecule has 0 amide bonds. The third-order valence-electron chi connectivity index (χ3n) is 2.87. The van der Waals surface area contributed by atoms with Crippen LogP contribution in [0.2, 0.25) is 0 Å². The molecule has 0 aromatic heterocycles. The van der Waals surface area contributed by atoms with Crippen molar-refractivity contribution < 1.29 is 14.5 Å². The van der Waals surface area contributed by atoms with Crippen LogP contribution in [0.1, 0.15) is 28.9 Å².